The van der Waals surface area contributed by atoms with Gasteiger partial charge in [0.05, 0.1) is 0 Å². The number of carbonyl (C=O) groups excluding carboxylic acids is 2. The molecule has 0 saturated carbocycles. The second kappa shape index (κ2) is 10.4. The Morgan fingerprint density at radius 2 is 1.95 bits per heavy atom. The molecule has 1 aromatic carbocycles. The standard InChI is InChI=1S/C27H29N7O3/c1-17(37-2)27(36)33-14-5-6-20(16-33)25-32-22(23-24(28)30-13-15-34(23)25)18-8-10-19(11-9-18)26(35)31-21-7-3-4-12-29-21/h3-4,7-13,15,17,20H,5-6,14,16H2,1-2H3,(H2,28,30)(H,29,31,35). The summed E-state index contributed by atoms with van der Waals surface area (Å²) in [5.41, 5.74) is 9.01. The Labute approximate surface area is 214 Å². The number of hydrogen-bond acceptors (Lipinski definition) is 7. The van der Waals surface area contributed by atoms with E-state index in [4.69, 9.17) is 15.5 Å². The van der Waals surface area contributed by atoms with Crippen molar-refractivity contribution >= 4 is 29.0 Å². The predicted octanol–water partition coefficient (Wildman–Crippen LogP) is 3.37. The smallest absolute Gasteiger partial charge is 0.256 e. The fraction of sp³-hybridized carbons (Fsp3) is 0.296. The van der Waals surface area contributed by atoms with Gasteiger partial charge in [0.1, 0.15) is 34.8 Å². The van der Waals surface area contributed by atoms with Gasteiger partial charge in [-0.05, 0) is 44.0 Å². The highest BCUT2D eigenvalue weighted by molar-refractivity contribution is 6.04. The van der Waals surface area contributed by atoms with Crippen molar-refractivity contribution in [3.63, 3.8) is 0 Å². The summed E-state index contributed by atoms with van der Waals surface area (Å²) in [5, 5.41) is 2.79. The highest BCUT2D eigenvalue weighted by Gasteiger charge is 2.31. The van der Waals surface area contributed by atoms with Gasteiger partial charge < -0.3 is 20.7 Å². The molecule has 5 rings (SSSR count). The molecule has 2 amide bonds. The van der Waals surface area contributed by atoms with E-state index in [1.54, 1.807) is 50.7 Å². The molecule has 4 heterocycles. The van der Waals surface area contributed by atoms with Gasteiger partial charge in [-0.1, -0.05) is 18.2 Å². The van der Waals surface area contributed by atoms with Crippen LogP contribution in [0.1, 0.15) is 41.9 Å². The molecular formula is C27H29N7O3. The molecule has 1 aliphatic heterocycles. The van der Waals surface area contributed by atoms with E-state index in [-0.39, 0.29) is 17.7 Å². The van der Waals surface area contributed by atoms with Crippen molar-refractivity contribution in [3.8, 4) is 11.3 Å². The predicted molar refractivity (Wildman–Crippen MR) is 140 cm³/mol. The minimum absolute atomic E-state index is 0.0194. The van der Waals surface area contributed by atoms with Gasteiger partial charge >= 0.3 is 0 Å². The number of anilines is 2. The molecule has 0 aliphatic carbocycles. The molecule has 3 aromatic heterocycles. The zero-order valence-corrected chi connectivity index (χ0v) is 20.8. The number of nitrogen functional groups attached to an aromatic ring is 1. The van der Waals surface area contributed by atoms with Gasteiger partial charge in [-0.15, -0.1) is 0 Å². The van der Waals surface area contributed by atoms with E-state index in [1.807, 2.05) is 33.7 Å². The molecule has 10 nitrogen and oxygen atoms in total. The van der Waals surface area contributed by atoms with E-state index in [2.05, 4.69) is 15.3 Å². The second-order valence-corrected chi connectivity index (χ2v) is 9.10. The number of methoxy groups -OCH3 is 1. The van der Waals surface area contributed by atoms with Gasteiger partial charge in [-0.25, -0.2) is 15.0 Å². The Morgan fingerprint density at radius 1 is 1.14 bits per heavy atom. The van der Waals surface area contributed by atoms with Crippen LogP contribution < -0.4 is 11.1 Å². The van der Waals surface area contributed by atoms with Crippen molar-refractivity contribution in [3.05, 3.63) is 72.4 Å². The molecule has 0 bridgehead atoms. The number of nitrogens with zero attached hydrogens (tertiary/aromatic N) is 5. The van der Waals surface area contributed by atoms with Crippen LogP contribution in [0.5, 0.6) is 0 Å². The van der Waals surface area contributed by atoms with Crippen LogP contribution in [0.25, 0.3) is 16.8 Å². The van der Waals surface area contributed by atoms with E-state index < -0.39 is 6.10 Å². The zero-order valence-electron chi connectivity index (χ0n) is 20.8. The van der Waals surface area contributed by atoms with Crippen LogP contribution >= 0.6 is 0 Å². The number of aromatic nitrogens is 4. The summed E-state index contributed by atoms with van der Waals surface area (Å²) in [5.74, 6) is 1.45. The number of fused-ring (bicyclic) bond motifs is 1. The molecule has 0 spiro atoms. The minimum Gasteiger partial charge on any atom is -0.382 e. The molecule has 2 atom stereocenters. The number of benzene rings is 1. The van der Waals surface area contributed by atoms with Crippen molar-refractivity contribution in [2.45, 2.75) is 31.8 Å². The lowest BCUT2D eigenvalue weighted by atomic mass is 9.96. The summed E-state index contributed by atoms with van der Waals surface area (Å²) < 4.78 is 7.21. The highest BCUT2D eigenvalue weighted by Crippen LogP contribution is 2.34. The Bertz CT molecular complexity index is 1420. The number of nitrogens with one attached hydrogen (secondary N) is 1. The second-order valence-electron chi connectivity index (χ2n) is 9.10. The van der Waals surface area contributed by atoms with Crippen molar-refractivity contribution in [1.29, 1.82) is 0 Å². The monoisotopic (exact) mass is 499 g/mol. The maximum absolute atomic E-state index is 12.8. The topological polar surface area (TPSA) is 128 Å². The van der Waals surface area contributed by atoms with Crippen molar-refractivity contribution < 1.29 is 14.3 Å². The first kappa shape index (κ1) is 24.4. The van der Waals surface area contributed by atoms with Crippen molar-refractivity contribution in [1.82, 2.24) is 24.3 Å². The number of likely N-dealkylation sites (tertiary alicyclic amines) is 1. The molecule has 1 aliphatic rings. The number of rotatable bonds is 6. The van der Waals surface area contributed by atoms with E-state index in [0.717, 1.165) is 24.2 Å². The lowest BCUT2D eigenvalue weighted by molar-refractivity contribution is -0.142. The Hall–Kier alpha value is -4.31. The maximum atomic E-state index is 12.8. The lowest BCUT2D eigenvalue weighted by Gasteiger charge is -2.33. The van der Waals surface area contributed by atoms with Crippen LogP contribution in [0.3, 0.4) is 0 Å². The third-order valence-electron chi connectivity index (χ3n) is 6.74. The van der Waals surface area contributed by atoms with Gasteiger partial charge in [0.25, 0.3) is 11.8 Å². The number of nitrogens with two attached hydrogens (primary N) is 1. The molecule has 4 aromatic rings. The summed E-state index contributed by atoms with van der Waals surface area (Å²) in [6.45, 7) is 3.02. The highest BCUT2D eigenvalue weighted by atomic mass is 16.5. The van der Waals surface area contributed by atoms with Crippen LogP contribution in [-0.4, -0.2) is 62.4 Å². The van der Waals surface area contributed by atoms with Gasteiger partial charge in [-0.2, -0.15) is 0 Å². The van der Waals surface area contributed by atoms with Gasteiger partial charge in [-0.3, -0.25) is 14.0 Å². The molecule has 3 N–H and O–H groups in total. The normalized spacial score (nSPS) is 16.5. The van der Waals surface area contributed by atoms with Crippen LogP contribution in [0.2, 0.25) is 0 Å². The summed E-state index contributed by atoms with van der Waals surface area (Å²) in [6.07, 6.45) is 6.42. The number of ether oxygens (including phenoxy) is 1. The van der Waals surface area contributed by atoms with E-state index >= 15 is 0 Å². The summed E-state index contributed by atoms with van der Waals surface area (Å²) in [7, 11) is 1.54. The average molecular weight is 500 g/mol. The van der Waals surface area contributed by atoms with Crippen LogP contribution in [0.15, 0.2) is 61.1 Å². The quantitative estimate of drug-likeness (QED) is 0.416. The fourth-order valence-corrected chi connectivity index (χ4v) is 4.73. The summed E-state index contributed by atoms with van der Waals surface area (Å²) >= 11 is 0. The van der Waals surface area contributed by atoms with Crippen LogP contribution in [0, 0.1) is 0 Å². The number of carbonyl (C=O) groups is 2. The van der Waals surface area contributed by atoms with Gasteiger partial charge in [0, 0.05) is 55.8 Å². The van der Waals surface area contributed by atoms with E-state index in [0.29, 0.717) is 41.5 Å². The zero-order chi connectivity index (χ0) is 25.9. The largest absolute Gasteiger partial charge is 0.382 e. The molecule has 10 heteroatoms. The van der Waals surface area contributed by atoms with Crippen molar-refractivity contribution in [2.24, 2.45) is 0 Å². The number of amides is 2. The molecule has 37 heavy (non-hydrogen) atoms. The van der Waals surface area contributed by atoms with Gasteiger partial charge in [0.15, 0.2) is 0 Å². The molecule has 0 radical (unpaired) electrons. The SMILES string of the molecule is COC(C)C(=O)N1CCCC(c2nc(-c3ccc(C(=O)Nc4ccccn4)cc3)c3c(N)nccn23)C1. The van der Waals surface area contributed by atoms with E-state index in [1.165, 1.54) is 0 Å². The molecule has 1 saturated heterocycles. The van der Waals surface area contributed by atoms with Gasteiger partial charge in [0.2, 0.25) is 0 Å². The Balaban J connectivity index is 1.45. The molecule has 190 valence electrons. The fourth-order valence-electron chi connectivity index (χ4n) is 4.73. The third kappa shape index (κ3) is 4.88. The molecule has 2 unspecified atom stereocenters. The van der Waals surface area contributed by atoms with E-state index in [9.17, 15) is 9.59 Å². The lowest BCUT2D eigenvalue weighted by Crippen LogP contribution is -2.44. The summed E-state index contributed by atoms with van der Waals surface area (Å²) in [6, 6.07) is 12.5. The molecule has 1 fully saturated rings. The minimum atomic E-state index is -0.487. The number of imidazole rings is 1. The first-order valence-electron chi connectivity index (χ1n) is 12.2. The number of piperidine rings is 1. The average Bonchev–Trinajstić information content (AvgIpc) is 3.34. The molecular weight excluding hydrogens is 470 g/mol. The first-order valence-corrected chi connectivity index (χ1v) is 12.2. The number of hydrogen-bond donors (Lipinski definition) is 2. The maximum Gasteiger partial charge on any atom is 0.256 e. The number of pyridine rings is 1. The van der Waals surface area contributed by atoms with Crippen molar-refractivity contribution in [2.75, 3.05) is 31.2 Å². The van der Waals surface area contributed by atoms with Crippen LogP contribution in [-0.2, 0) is 9.53 Å². The first-order chi connectivity index (χ1) is 18.0. The Kier molecular flexibility index (Phi) is 6.82. The summed E-state index contributed by atoms with van der Waals surface area (Å²) in [4.78, 5) is 40.7. The van der Waals surface area contributed by atoms with Crippen LogP contribution in [0.4, 0.5) is 11.6 Å². The Morgan fingerprint density at radius 3 is 2.68 bits per heavy atom. The third-order valence-corrected chi connectivity index (χ3v) is 6.74.